The Labute approximate surface area is 128 Å². The molecule has 1 aromatic carbocycles. The summed E-state index contributed by atoms with van der Waals surface area (Å²) in [6.07, 6.45) is 0.727. The normalized spacial score (nSPS) is 20.5. The fourth-order valence-corrected chi connectivity index (χ4v) is 2.89. The largest absolute Gasteiger partial charge is 0.373 e. The van der Waals surface area contributed by atoms with Crippen LogP contribution in [-0.4, -0.2) is 28.9 Å². The van der Waals surface area contributed by atoms with Gasteiger partial charge in [0.05, 0.1) is 5.03 Å². The lowest BCUT2D eigenvalue weighted by molar-refractivity contribution is -0.123. The number of rotatable bonds is 4. The highest BCUT2D eigenvalue weighted by Crippen LogP contribution is 2.30. The van der Waals surface area contributed by atoms with E-state index in [0.29, 0.717) is 11.6 Å². The van der Waals surface area contributed by atoms with Crippen LogP contribution in [0, 0.1) is 0 Å². The van der Waals surface area contributed by atoms with Gasteiger partial charge in [-0.15, -0.1) is 0 Å². The summed E-state index contributed by atoms with van der Waals surface area (Å²) >= 11 is 4.04. The summed E-state index contributed by atoms with van der Waals surface area (Å²) < 4.78 is 0.223. The number of carbonyl (C=O) groups excluding carboxylic acids is 2. The molecule has 1 aliphatic rings. The van der Waals surface area contributed by atoms with Gasteiger partial charge in [0.1, 0.15) is 4.48 Å². The van der Waals surface area contributed by atoms with Crippen LogP contribution >= 0.6 is 27.7 Å². The smallest absolute Gasteiger partial charge is 0.264 e. The van der Waals surface area contributed by atoms with Crippen LogP contribution in [0.4, 0.5) is 0 Å². The first-order valence-electron chi connectivity index (χ1n) is 5.95. The molecule has 2 amide bonds. The molecule has 0 saturated carbocycles. The molecular weight excluding hydrogens is 344 g/mol. The Kier molecular flexibility index (Phi) is 5.22. The van der Waals surface area contributed by atoms with Crippen molar-refractivity contribution in [3.63, 3.8) is 0 Å². The lowest BCUT2D eigenvalue weighted by atomic mass is 10.1. The highest BCUT2D eigenvalue weighted by molar-refractivity contribution is 9.12. The number of nitrogens with one attached hydrogen (secondary N) is 2. The van der Waals surface area contributed by atoms with E-state index in [9.17, 15) is 14.7 Å². The maximum atomic E-state index is 11.9. The molecule has 1 saturated heterocycles. The summed E-state index contributed by atoms with van der Waals surface area (Å²) in [6.45, 7) is 0.492. The molecule has 7 heteroatoms. The molecule has 0 aromatic heterocycles. The van der Waals surface area contributed by atoms with Gasteiger partial charge in [-0.3, -0.25) is 9.59 Å². The Morgan fingerprint density at radius 2 is 2.10 bits per heavy atom. The van der Waals surface area contributed by atoms with Crippen molar-refractivity contribution in [2.24, 2.45) is 0 Å². The van der Waals surface area contributed by atoms with Crippen LogP contribution in [-0.2, 0) is 16.0 Å². The van der Waals surface area contributed by atoms with Gasteiger partial charge in [0.15, 0.2) is 5.44 Å². The molecule has 2 rings (SSSR count). The number of aliphatic hydroxyl groups excluding tert-OH is 1. The maximum Gasteiger partial charge on any atom is 0.264 e. The highest BCUT2D eigenvalue weighted by atomic mass is 79.9. The number of hydrogen-bond acceptors (Lipinski definition) is 4. The van der Waals surface area contributed by atoms with Crippen molar-refractivity contribution in [2.45, 2.75) is 11.9 Å². The first-order chi connectivity index (χ1) is 9.58. The van der Waals surface area contributed by atoms with Gasteiger partial charge in [-0.2, -0.15) is 0 Å². The van der Waals surface area contributed by atoms with E-state index in [1.807, 2.05) is 30.3 Å². The molecule has 0 radical (unpaired) electrons. The maximum absolute atomic E-state index is 11.9. The number of thioether (sulfide) groups is 1. The molecule has 1 unspecified atom stereocenters. The Hall–Kier alpha value is -1.31. The fraction of sp³-hybridized carbons (Fsp3) is 0.231. The Morgan fingerprint density at radius 1 is 1.40 bits per heavy atom. The quantitative estimate of drug-likeness (QED) is 0.705. The molecule has 5 nitrogen and oxygen atoms in total. The van der Waals surface area contributed by atoms with Crippen LogP contribution < -0.4 is 10.6 Å². The molecule has 106 valence electrons. The fourth-order valence-electron chi connectivity index (χ4n) is 1.62. The number of carbonyl (C=O) groups is 2. The minimum Gasteiger partial charge on any atom is -0.373 e. The number of benzene rings is 1. The van der Waals surface area contributed by atoms with Gasteiger partial charge in [0, 0.05) is 6.54 Å². The van der Waals surface area contributed by atoms with Crippen LogP contribution in [0.3, 0.4) is 0 Å². The van der Waals surface area contributed by atoms with E-state index in [2.05, 4.69) is 26.6 Å². The second kappa shape index (κ2) is 6.92. The summed E-state index contributed by atoms with van der Waals surface area (Å²) in [5.41, 5.74) is -0.0230. The molecule has 1 aliphatic heterocycles. The molecular formula is C13H13BrN2O3S. The van der Waals surface area contributed by atoms with E-state index in [0.717, 1.165) is 23.7 Å². The van der Waals surface area contributed by atoms with E-state index in [4.69, 9.17) is 0 Å². The molecule has 1 fully saturated rings. The monoisotopic (exact) mass is 356 g/mol. The van der Waals surface area contributed by atoms with Gasteiger partial charge >= 0.3 is 0 Å². The van der Waals surface area contributed by atoms with Crippen molar-refractivity contribution >= 4 is 39.5 Å². The van der Waals surface area contributed by atoms with Crippen LogP contribution in [0.15, 0.2) is 39.8 Å². The third kappa shape index (κ3) is 3.84. The second-order valence-electron chi connectivity index (χ2n) is 4.09. The van der Waals surface area contributed by atoms with E-state index < -0.39 is 11.3 Å². The van der Waals surface area contributed by atoms with Crippen molar-refractivity contribution < 1.29 is 14.7 Å². The van der Waals surface area contributed by atoms with Crippen molar-refractivity contribution in [3.8, 4) is 0 Å². The minimum atomic E-state index is -1.16. The molecule has 0 aliphatic carbocycles. The summed E-state index contributed by atoms with van der Waals surface area (Å²) in [4.78, 5) is 23.0. The zero-order valence-corrected chi connectivity index (χ0v) is 12.8. The van der Waals surface area contributed by atoms with Crippen LogP contribution in [0.1, 0.15) is 5.56 Å². The van der Waals surface area contributed by atoms with Crippen molar-refractivity contribution in [1.29, 1.82) is 0 Å². The Balaban J connectivity index is 1.86. The molecule has 1 atom stereocenters. The molecule has 1 aromatic rings. The van der Waals surface area contributed by atoms with E-state index >= 15 is 0 Å². The van der Waals surface area contributed by atoms with Crippen molar-refractivity contribution in [3.05, 3.63) is 45.4 Å². The van der Waals surface area contributed by atoms with Crippen LogP contribution in [0.5, 0.6) is 0 Å². The summed E-state index contributed by atoms with van der Waals surface area (Å²) in [7, 11) is 0. The number of halogens is 1. The van der Waals surface area contributed by atoms with E-state index in [1.165, 1.54) is 0 Å². The van der Waals surface area contributed by atoms with Gasteiger partial charge in [-0.05, 0) is 27.9 Å². The highest BCUT2D eigenvalue weighted by Gasteiger charge is 2.30. The number of hydrogen-bond donors (Lipinski definition) is 3. The lowest BCUT2D eigenvalue weighted by Crippen LogP contribution is -2.28. The van der Waals surface area contributed by atoms with Gasteiger partial charge < -0.3 is 15.7 Å². The van der Waals surface area contributed by atoms with E-state index in [1.54, 1.807) is 0 Å². The minimum absolute atomic E-state index is 0.223. The second-order valence-corrected chi connectivity index (χ2v) is 5.98. The van der Waals surface area contributed by atoms with Crippen LogP contribution in [0.2, 0.25) is 0 Å². The summed E-state index contributed by atoms with van der Waals surface area (Å²) in [6, 6.07) is 9.81. The third-order valence-electron chi connectivity index (χ3n) is 2.63. The first-order valence-corrected chi connectivity index (χ1v) is 7.62. The zero-order valence-electron chi connectivity index (χ0n) is 10.4. The first kappa shape index (κ1) is 15.1. The predicted molar refractivity (Wildman–Crippen MR) is 80.8 cm³/mol. The lowest BCUT2D eigenvalue weighted by Gasteiger charge is -2.06. The molecule has 3 N–H and O–H groups in total. The SMILES string of the molecule is O=C(NCCc1ccccc1)/C(Br)=C1/NC(=O)C(O)S1. The Bertz CT molecular complexity index is 548. The summed E-state index contributed by atoms with van der Waals surface area (Å²) in [5.74, 6) is -0.836. The van der Waals surface area contributed by atoms with Crippen molar-refractivity contribution in [2.75, 3.05) is 6.54 Å². The molecule has 0 bridgehead atoms. The average molecular weight is 357 g/mol. The van der Waals surface area contributed by atoms with Crippen LogP contribution in [0.25, 0.3) is 0 Å². The van der Waals surface area contributed by atoms with Gasteiger partial charge in [0.2, 0.25) is 0 Å². The molecule has 20 heavy (non-hydrogen) atoms. The van der Waals surface area contributed by atoms with Gasteiger partial charge in [-0.1, -0.05) is 42.1 Å². The number of amides is 2. The average Bonchev–Trinajstić information content (AvgIpc) is 2.79. The number of aliphatic hydroxyl groups is 1. The van der Waals surface area contributed by atoms with Gasteiger partial charge in [-0.25, -0.2) is 0 Å². The molecule has 1 heterocycles. The topological polar surface area (TPSA) is 78.4 Å². The van der Waals surface area contributed by atoms with Gasteiger partial charge in [0.25, 0.3) is 11.8 Å². The Morgan fingerprint density at radius 3 is 2.70 bits per heavy atom. The molecule has 0 spiro atoms. The third-order valence-corrected chi connectivity index (χ3v) is 4.63. The van der Waals surface area contributed by atoms with Crippen molar-refractivity contribution in [1.82, 2.24) is 10.6 Å². The zero-order chi connectivity index (χ0) is 14.5. The standard InChI is InChI=1S/C13H13BrN2O3S/c14-9(12-16-11(18)13(19)20-12)10(17)15-7-6-8-4-2-1-3-5-8/h1-5,13,19H,6-7H2,(H,15,17)(H,16,18)/b12-9+. The predicted octanol–water partition coefficient (Wildman–Crippen LogP) is 1.09. The van der Waals surface area contributed by atoms with E-state index in [-0.39, 0.29) is 10.4 Å². The summed E-state index contributed by atoms with van der Waals surface area (Å²) in [5, 5.41) is 14.8.